The van der Waals surface area contributed by atoms with Crippen molar-refractivity contribution in [1.82, 2.24) is 19.6 Å². The summed E-state index contributed by atoms with van der Waals surface area (Å²) in [6.07, 6.45) is 1.74. The third kappa shape index (κ3) is 3.25. The predicted molar refractivity (Wildman–Crippen MR) is 98.6 cm³/mol. The Bertz CT molecular complexity index is 1000. The van der Waals surface area contributed by atoms with Crippen LogP contribution in [-0.4, -0.2) is 33.9 Å². The van der Waals surface area contributed by atoms with E-state index in [0.717, 1.165) is 36.5 Å². The maximum atomic E-state index is 13.7. The summed E-state index contributed by atoms with van der Waals surface area (Å²) in [6, 6.07) is 12.2. The van der Waals surface area contributed by atoms with Crippen LogP contribution in [-0.2, 0) is 6.54 Å². The highest BCUT2D eigenvalue weighted by Gasteiger charge is 2.24. The van der Waals surface area contributed by atoms with Gasteiger partial charge in [-0.25, -0.2) is 9.37 Å². The molecule has 0 radical (unpaired) electrons. The van der Waals surface area contributed by atoms with Crippen LogP contribution >= 0.6 is 0 Å². The quantitative estimate of drug-likeness (QED) is 0.786. The average Bonchev–Trinajstić information content (AvgIpc) is 2.63. The molecule has 1 aromatic carbocycles. The highest BCUT2D eigenvalue weighted by Crippen LogP contribution is 2.24. The molecule has 4 rings (SSSR count). The fraction of sp³-hybridized carbons (Fsp3) is 0.300. The van der Waals surface area contributed by atoms with Crippen molar-refractivity contribution >= 4 is 5.65 Å². The van der Waals surface area contributed by atoms with Crippen molar-refractivity contribution in [2.24, 2.45) is 0 Å². The first kappa shape index (κ1) is 16.9. The Hall–Kier alpha value is -2.57. The zero-order valence-corrected chi connectivity index (χ0v) is 14.7. The number of pyridine rings is 1. The fourth-order valence-corrected chi connectivity index (χ4v) is 3.58. The van der Waals surface area contributed by atoms with Gasteiger partial charge in [0.05, 0.1) is 5.69 Å². The molecule has 2 aromatic heterocycles. The number of nitrogens with one attached hydrogen (secondary N) is 1. The minimum absolute atomic E-state index is 0.0524. The summed E-state index contributed by atoms with van der Waals surface area (Å²) in [5.74, 6) is -0.231. The van der Waals surface area contributed by atoms with E-state index in [-0.39, 0.29) is 17.4 Å². The fourth-order valence-electron chi connectivity index (χ4n) is 3.58. The number of hydrogen-bond acceptors (Lipinski definition) is 4. The minimum Gasteiger partial charge on any atom is -0.314 e. The molecule has 1 atom stereocenters. The van der Waals surface area contributed by atoms with Crippen LogP contribution in [0.1, 0.15) is 22.9 Å². The number of rotatable bonds is 3. The highest BCUT2D eigenvalue weighted by atomic mass is 19.1. The lowest BCUT2D eigenvalue weighted by Gasteiger charge is -2.36. The van der Waals surface area contributed by atoms with Gasteiger partial charge in [0.15, 0.2) is 0 Å². The molecule has 3 heterocycles. The Labute approximate surface area is 151 Å². The number of halogens is 1. The van der Waals surface area contributed by atoms with Crippen LogP contribution in [0.3, 0.4) is 0 Å². The van der Waals surface area contributed by atoms with E-state index < -0.39 is 0 Å². The van der Waals surface area contributed by atoms with Gasteiger partial charge in [0.2, 0.25) is 0 Å². The number of aryl methyl sites for hydroxylation is 1. The number of nitrogens with zero attached hydrogens (tertiary/aromatic N) is 3. The summed E-state index contributed by atoms with van der Waals surface area (Å²) in [6.45, 7) is 4.93. The standard InChI is InChI=1S/C20H21FN4O/c1-14-4-3-8-25-19(26)11-17(23-20(14)25)13-24-9-7-22-12-18(24)15-5-2-6-16(21)10-15/h2-6,8,10-11,18,22H,7,9,12-13H2,1H3. The Morgan fingerprint density at radius 1 is 1.27 bits per heavy atom. The van der Waals surface area contributed by atoms with Gasteiger partial charge in [-0.2, -0.15) is 0 Å². The SMILES string of the molecule is Cc1cccn2c(=O)cc(CN3CCNCC3c3cccc(F)c3)nc12. The summed E-state index contributed by atoms with van der Waals surface area (Å²) < 4.78 is 15.2. The second kappa shape index (κ2) is 6.97. The van der Waals surface area contributed by atoms with E-state index in [9.17, 15) is 9.18 Å². The summed E-state index contributed by atoms with van der Waals surface area (Å²) in [5.41, 5.74) is 3.26. The van der Waals surface area contributed by atoms with E-state index >= 15 is 0 Å². The van der Waals surface area contributed by atoms with Gasteiger partial charge in [0.25, 0.3) is 5.56 Å². The number of fused-ring (bicyclic) bond motifs is 1. The molecule has 1 unspecified atom stereocenters. The molecule has 6 heteroatoms. The van der Waals surface area contributed by atoms with Gasteiger partial charge < -0.3 is 5.32 Å². The number of hydrogen-bond donors (Lipinski definition) is 1. The van der Waals surface area contributed by atoms with Crippen molar-refractivity contribution in [3.05, 3.63) is 81.7 Å². The third-order valence-electron chi connectivity index (χ3n) is 4.89. The molecule has 0 amide bonds. The monoisotopic (exact) mass is 352 g/mol. The molecular formula is C20H21FN4O. The maximum absolute atomic E-state index is 13.7. The molecule has 26 heavy (non-hydrogen) atoms. The van der Waals surface area contributed by atoms with Crippen molar-refractivity contribution < 1.29 is 4.39 Å². The normalized spacial score (nSPS) is 18.3. The molecular weight excluding hydrogens is 331 g/mol. The zero-order chi connectivity index (χ0) is 18.1. The van der Waals surface area contributed by atoms with E-state index in [1.165, 1.54) is 6.07 Å². The Kier molecular flexibility index (Phi) is 4.53. The van der Waals surface area contributed by atoms with Crippen LogP contribution < -0.4 is 10.9 Å². The molecule has 0 bridgehead atoms. The molecule has 5 nitrogen and oxygen atoms in total. The minimum atomic E-state index is -0.231. The van der Waals surface area contributed by atoms with Gasteiger partial charge >= 0.3 is 0 Å². The predicted octanol–water partition coefficient (Wildman–Crippen LogP) is 2.29. The summed E-state index contributed by atoms with van der Waals surface area (Å²) in [5, 5.41) is 3.37. The van der Waals surface area contributed by atoms with Gasteiger partial charge in [-0.1, -0.05) is 18.2 Å². The number of piperazine rings is 1. The van der Waals surface area contributed by atoms with Crippen LogP contribution in [0.25, 0.3) is 5.65 Å². The van der Waals surface area contributed by atoms with E-state index in [4.69, 9.17) is 4.98 Å². The zero-order valence-electron chi connectivity index (χ0n) is 14.7. The highest BCUT2D eigenvalue weighted by molar-refractivity contribution is 5.46. The molecule has 134 valence electrons. The number of benzene rings is 1. The molecule has 1 aliphatic heterocycles. The summed E-state index contributed by atoms with van der Waals surface area (Å²) >= 11 is 0. The van der Waals surface area contributed by atoms with Crippen molar-refractivity contribution in [3.8, 4) is 0 Å². The lowest BCUT2D eigenvalue weighted by Crippen LogP contribution is -2.45. The van der Waals surface area contributed by atoms with Crippen molar-refractivity contribution in [1.29, 1.82) is 0 Å². The molecule has 1 saturated heterocycles. The first-order valence-corrected chi connectivity index (χ1v) is 8.80. The summed E-state index contributed by atoms with van der Waals surface area (Å²) in [4.78, 5) is 19.4. The number of aromatic nitrogens is 2. The van der Waals surface area contributed by atoms with Crippen molar-refractivity contribution in [2.75, 3.05) is 19.6 Å². The molecule has 0 aliphatic carbocycles. The van der Waals surface area contributed by atoms with Crippen LogP contribution in [0.5, 0.6) is 0 Å². The maximum Gasteiger partial charge on any atom is 0.258 e. The van der Waals surface area contributed by atoms with E-state index in [1.54, 1.807) is 28.8 Å². The van der Waals surface area contributed by atoms with Gasteiger partial charge in [-0.15, -0.1) is 0 Å². The first-order valence-electron chi connectivity index (χ1n) is 8.80. The second-order valence-corrected chi connectivity index (χ2v) is 6.72. The third-order valence-corrected chi connectivity index (χ3v) is 4.89. The molecule has 1 aliphatic rings. The van der Waals surface area contributed by atoms with Crippen LogP contribution in [0.4, 0.5) is 4.39 Å². The van der Waals surface area contributed by atoms with E-state index in [2.05, 4.69) is 10.2 Å². The smallest absolute Gasteiger partial charge is 0.258 e. The Morgan fingerprint density at radius 3 is 3.00 bits per heavy atom. The Balaban J connectivity index is 1.67. The lowest BCUT2D eigenvalue weighted by atomic mass is 10.0. The largest absolute Gasteiger partial charge is 0.314 e. The topological polar surface area (TPSA) is 49.6 Å². The van der Waals surface area contributed by atoms with Gasteiger partial charge in [0.1, 0.15) is 11.5 Å². The van der Waals surface area contributed by atoms with Crippen LogP contribution in [0.15, 0.2) is 53.5 Å². The van der Waals surface area contributed by atoms with Gasteiger partial charge in [-0.3, -0.25) is 14.1 Å². The molecule has 3 aromatic rings. The first-order chi connectivity index (χ1) is 12.6. The molecule has 1 fully saturated rings. The second-order valence-electron chi connectivity index (χ2n) is 6.72. The van der Waals surface area contributed by atoms with Crippen LogP contribution in [0, 0.1) is 12.7 Å². The van der Waals surface area contributed by atoms with Gasteiger partial charge in [-0.05, 0) is 36.2 Å². The van der Waals surface area contributed by atoms with Crippen molar-refractivity contribution in [3.63, 3.8) is 0 Å². The van der Waals surface area contributed by atoms with Crippen molar-refractivity contribution in [2.45, 2.75) is 19.5 Å². The summed E-state index contributed by atoms with van der Waals surface area (Å²) in [7, 11) is 0. The van der Waals surface area contributed by atoms with Gasteiger partial charge in [0, 0.05) is 44.5 Å². The Morgan fingerprint density at radius 2 is 2.15 bits per heavy atom. The van der Waals surface area contributed by atoms with E-state index in [1.807, 2.05) is 25.1 Å². The lowest BCUT2D eigenvalue weighted by molar-refractivity contribution is 0.151. The molecule has 0 saturated carbocycles. The molecule has 0 spiro atoms. The molecule has 1 N–H and O–H groups in total. The average molecular weight is 352 g/mol. The van der Waals surface area contributed by atoms with E-state index in [0.29, 0.717) is 12.2 Å². The van der Waals surface area contributed by atoms with Crippen LogP contribution in [0.2, 0.25) is 0 Å².